The van der Waals surface area contributed by atoms with Gasteiger partial charge in [0, 0.05) is 10.9 Å². The molecular weight excluding hydrogens is 244 g/mol. The second kappa shape index (κ2) is 4.00. The summed E-state index contributed by atoms with van der Waals surface area (Å²) in [5.74, 6) is -1.60. The lowest BCUT2D eigenvalue weighted by molar-refractivity contribution is -0.132. The number of para-hydroxylation sites is 1. The number of nitrogens with zero attached hydrogens (tertiary/aromatic N) is 1. The van der Waals surface area contributed by atoms with Crippen molar-refractivity contribution in [1.29, 1.82) is 0 Å². The Morgan fingerprint density at radius 3 is 2.79 bits per heavy atom. The van der Waals surface area contributed by atoms with E-state index in [1.165, 1.54) is 6.08 Å². The molecule has 5 nitrogen and oxygen atoms in total. The number of Topliss-reactive ketones (excluding diaryl/α,β-unsaturated/α-hetero) is 1. The molecule has 1 atom stereocenters. The number of aliphatic carboxylic acids is 1. The fraction of sp³-hybridized carbons (Fsp3) is 0.0714. The van der Waals surface area contributed by atoms with Crippen LogP contribution in [0.25, 0.3) is 17.0 Å². The van der Waals surface area contributed by atoms with Gasteiger partial charge < -0.3 is 10.8 Å². The lowest BCUT2D eigenvalue weighted by Crippen LogP contribution is -2.38. The van der Waals surface area contributed by atoms with Crippen LogP contribution in [0.1, 0.15) is 16.1 Å². The summed E-state index contributed by atoms with van der Waals surface area (Å²) in [4.78, 5) is 27.5. The van der Waals surface area contributed by atoms with E-state index in [-0.39, 0.29) is 5.57 Å². The van der Waals surface area contributed by atoms with Crippen LogP contribution in [0.2, 0.25) is 0 Å². The Hall–Kier alpha value is -2.53. The minimum atomic E-state index is -1.19. The zero-order valence-electron chi connectivity index (χ0n) is 9.83. The lowest BCUT2D eigenvalue weighted by atomic mass is 9.89. The Kier molecular flexibility index (Phi) is 2.43. The number of hydrogen-bond acceptors (Lipinski definition) is 4. The number of aromatic nitrogens is 1. The van der Waals surface area contributed by atoms with Gasteiger partial charge in [0.2, 0.25) is 0 Å². The van der Waals surface area contributed by atoms with Gasteiger partial charge in [0.25, 0.3) is 0 Å². The first-order valence-corrected chi connectivity index (χ1v) is 5.72. The van der Waals surface area contributed by atoms with Gasteiger partial charge in [-0.1, -0.05) is 18.2 Å². The van der Waals surface area contributed by atoms with Crippen molar-refractivity contribution in [2.24, 2.45) is 5.73 Å². The number of carbonyl (C=O) groups is 2. The highest BCUT2D eigenvalue weighted by molar-refractivity contribution is 6.15. The molecule has 3 rings (SSSR count). The molecule has 0 saturated carbocycles. The van der Waals surface area contributed by atoms with Gasteiger partial charge in [0.1, 0.15) is 6.04 Å². The number of fused-ring (bicyclic) bond motifs is 2. The van der Waals surface area contributed by atoms with E-state index in [9.17, 15) is 9.59 Å². The van der Waals surface area contributed by atoms with Crippen molar-refractivity contribution in [1.82, 2.24) is 4.98 Å². The number of pyridine rings is 1. The van der Waals surface area contributed by atoms with Crippen LogP contribution in [0.3, 0.4) is 0 Å². The molecule has 0 radical (unpaired) electrons. The van der Waals surface area contributed by atoms with Crippen LogP contribution in [0.4, 0.5) is 0 Å². The Bertz CT molecular complexity index is 749. The van der Waals surface area contributed by atoms with E-state index in [2.05, 4.69) is 4.98 Å². The molecule has 94 valence electrons. The van der Waals surface area contributed by atoms with Crippen molar-refractivity contribution < 1.29 is 14.7 Å². The first-order chi connectivity index (χ1) is 9.08. The number of rotatable bonds is 1. The number of ketones is 1. The number of nitrogens with two attached hydrogens (primary N) is 1. The van der Waals surface area contributed by atoms with Gasteiger partial charge in [0.15, 0.2) is 5.78 Å². The predicted octanol–water partition coefficient (Wildman–Crippen LogP) is 1.23. The number of carboxylic acid groups (broad SMARTS) is 1. The number of hydrogen-bond donors (Lipinski definition) is 2. The SMILES string of the molecule is NC1C(=O)c2cc3ccccc3nc2C=C1C(=O)O. The molecule has 1 aromatic carbocycles. The quantitative estimate of drug-likeness (QED) is 0.798. The fourth-order valence-electron chi connectivity index (χ4n) is 2.18. The average molecular weight is 254 g/mol. The molecular formula is C14H10N2O3. The van der Waals surface area contributed by atoms with Crippen LogP contribution in [-0.2, 0) is 4.79 Å². The summed E-state index contributed by atoms with van der Waals surface area (Å²) < 4.78 is 0. The molecule has 0 bridgehead atoms. The van der Waals surface area contributed by atoms with Crippen LogP contribution < -0.4 is 5.73 Å². The van der Waals surface area contributed by atoms with Gasteiger partial charge in [-0.2, -0.15) is 0 Å². The molecule has 0 fully saturated rings. The molecule has 1 heterocycles. The summed E-state index contributed by atoms with van der Waals surface area (Å²) >= 11 is 0. The summed E-state index contributed by atoms with van der Waals surface area (Å²) in [5, 5.41) is 9.86. The van der Waals surface area contributed by atoms with E-state index in [1.807, 2.05) is 24.3 Å². The van der Waals surface area contributed by atoms with Crippen LogP contribution in [0, 0.1) is 0 Å². The monoisotopic (exact) mass is 254 g/mol. The molecule has 0 amide bonds. The number of carbonyl (C=O) groups excluding carboxylic acids is 1. The molecule has 0 aliphatic heterocycles. The van der Waals surface area contributed by atoms with Gasteiger partial charge in [-0.3, -0.25) is 4.79 Å². The van der Waals surface area contributed by atoms with Gasteiger partial charge in [0.05, 0.1) is 16.8 Å². The van der Waals surface area contributed by atoms with Crippen molar-refractivity contribution in [3.8, 4) is 0 Å². The van der Waals surface area contributed by atoms with Crippen LogP contribution in [-0.4, -0.2) is 27.9 Å². The fourth-order valence-corrected chi connectivity index (χ4v) is 2.18. The molecule has 0 saturated heterocycles. The van der Waals surface area contributed by atoms with Crippen molar-refractivity contribution in [3.63, 3.8) is 0 Å². The van der Waals surface area contributed by atoms with E-state index in [1.54, 1.807) is 6.07 Å². The normalized spacial score (nSPS) is 18.1. The third kappa shape index (κ3) is 1.71. The summed E-state index contributed by atoms with van der Waals surface area (Å²) in [6.45, 7) is 0. The Morgan fingerprint density at radius 1 is 1.32 bits per heavy atom. The lowest BCUT2D eigenvalue weighted by Gasteiger charge is -2.18. The molecule has 19 heavy (non-hydrogen) atoms. The van der Waals surface area contributed by atoms with E-state index in [4.69, 9.17) is 10.8 Å². The third-order valence-corrected chi connectivity index (χ3v) is 3.18. The van der Waals surface area contributed by atoms with Crippen molar-refractivity contribution in [2.45, 2.75) is 6.04 Å². The summed E-state index contributed by atoms with van der Waals surface area (Å²) in [6, 6.07) is 7.91. The van der Waals surface area contributed by atoms with Gasteiger partial charge in [-0.15, -0.1) is 0 Å². The molecule has 0 spiro atoms. The molecule has 3 N–H and O–H groups in total. The Labute approximate surface area is 108 Å². The molecule has 1 unspecified atom stereocenters. The first kappa shape index (κ1) is 11.6. The largest absolute Gasteiger partial charge is 0.478 e. The highest BCUT2D eigenvalue weighted by Gasteiger charge is 2.31. The average Bonchev–Trinajstić information content (AvgIpc) is 2.41. The van der Waals surface area contributed by atoms with E-state index < -0.39 is 17.8 Å². The van der Waals surface area contributed by atoms with E-state index in [0.29, 0.717) is 16.8 Å². The summed E-state index contributed by atoms with van der Waals surface area (Å²) in [7, 11) is 0. The zero-order chi connectivity index (χ0) is 13.6. The van der Waals surface area contributed by atoms with E-state index >= 15 is 0 Å². The minimum absolute atomic E-state index is 0.125. The maximum absolute atomic E-state index is 12.1. The second-order valence-corrected chi connectivity index (χ2v) is 4.36. The highest BCUT2D eigenvalue weighted by Crippen LogP contribution is 2.25. The minimum Gasteiger partial charge on any atom is -0.478 e. The molecule has 1 aliphatic carbocycles. The van der Waals surface area contributed by atoms with E-state index in [0.717, 1.165) is 5.39 Å². The van der Waals surface area contributed by atoms with Crippen molar-refractivity contribution in [2.75, 3.05) is 0 Å². The summed E-state index contributed by atoms with van der Waals surface area (Å²) in [6.07, 6.45) is 1.37. The van der Waals surface area contributed by atoms with Crippen molar-refractivity contribution >= 4 is 28.7 Å². The zero-order valence-corrected chi connectivity index (χ0v) is 9.83. The van der Waals surface area contributed by atoms with Crippen molar-refractivity contribution in [3.05, 3.63) is 47.2 Å². The topological polar surface area (TPSA) is 93.3 Å². The standard InChI is InChI=1S/C14H10N2O3/c15-12-9(14(18)19)6-11-8(13(12)17)5-7-3-1-2-4-10(7)16-11/h1-6,12H,15H2,(H,18,19). The third-order valence-electron chi connectivity index (χ3n) is 3.18. The van der Waals surface area contributed by atoms with Gasteiger partial charge in [-0.05, 0) is 18.2 Å². The Morgan fingerprint density at radius 2 is 2.05 bits per heavy atom. The maximum Gasteiger partial charge on any atom is 0.333 e. The molecule has 2 aromatic rings. The van der Waals surface area contributed by atoms with Gasteiger partial charge in [-0.25, -0.2) is 9.78 Å². The van der Waals surface area contributed by atoms with Crippen LogP contribution >= 0.6 is 0 Å². The smallest absolute Gasteiger partial charge is 0.333 e. The number of carboxylic acids is 1. The summed E-state index contributed by atoms with van der Waals surface area (Å²) in [5.41, 5.74) is 6.98. The van der Waals surface area contributed by atoms with Gasteiger partial charge >= 0.3 is 5.97 Å². The van der Waals surface area contributed by atoms with Crippen LogP contribution in [0.5, 0.6) is 0 Å². The predicted molar refractivity (Wildman–Crippen MR) is 69.7 cm³/mol. The first-order valence-electron chi connectivity index (χ1n) is 5.72. The second-order valence-electron chi connectivity index (χ2n) is 4.36. The number of benzene rings is 1. The maximum atomic E-state index is 12.1. The Balaban J connectivity index is 2.30. The molecule has 5 heteroatoms. The van der Waals surface area contributed by atoms with Crippen LogP contribution in [0.15, 0.2) is 35.9 Å². The highest BCUT2D eigenvalue weighted by atomic mass is 16.4. The molecule has 1 aliphatic rings. The molecule has 1 aromatic heterocycles.